The molecule has 1 saturated heterocycles. The van der Waals surface area contributed by atoms with Crippen LogP contribution in [0.15, 0.2) is 6.07 Å². The Morgan fingerprint density at radius 1 is 1.46 bits per heavy atom. The molecule has 0 aliphatic carbocycles. The minimum absolute atomic E-state index is 0.0692. The number of methoxy groups -OCH3 is 1. The summed E-state index contributed by atoms with van der Waals surface area (Å²) in [7, 11) is 1.22. The summed E-state index contributed by atoms with van der Waals surface area (Å²) in [5.41, 5.74) is 0.885. The van der Waals surface area contributed by atoms with Gasteiger partial charge in [-0.2, -0.15) is 0 Å². The predicted molar refractivity (Wildman–Crippen MR) is 83.5 cm³/mol. The van der Waals surface area contributed by atoms with Crippen LogP contribution in [0.5, 0.6) is 0 Å². The van der Waals surface area contributed by atoms with Crippen molar-refractivity contribution in [2.45, 2.75) is 26.1 Å². The number of aliphatic hydroxyl groups is 1. The number of morpholine rings is 1. The number of aliphatic hydroxyl groups excluding tert-OH is 1. The summed E-state index contributed by atoms with van der Waals surface area (Å²) in [4.78, 5) is 40.3. The maximum absolute atomic E-state index is 12.3. The van der Waals surface area contributed by atoms with Gasteiger partial charge in [0.05, 0.1) is 31.6 Å². The number of aryl methyl sites for hydroxylation is 1. The lowest BCUT2D eigenvalue weighted by atomic mass is 10.2. The Labute approximate surface area is 138 Å². The van der Waals surface area contributed by atoms with Crippen LogP contribution in [0.4, 0.5) is 5.69 Å². The Balaban J connectivity index is 2.09. The van der Waals surface area contributed by atoms with Crippen molar-refractivity contribution < 1.29 is 29.0 Å². The number of ether oxygens (including phenoxy) is 2. The lowest BCUT2D eigenvalue weighted by Crippen LogP contribution is -2.53. The summed E-state index contributed by atoms with van der Waals surface area (Å²) in [6, 6.07) is 1.54. The van der Waals surface area contributed by atoms with Crippen molar-refractivity contribution in [1.82, 2.24) is 9.88 Å². The fraction of sp³-hybridized carbons (Fsp3) is 0.533. The van der Waals surface area contributed by atoms with Crippen LogP contribution < -0.4 is 5.32 Å². The monoisotopic (exact) mass is 339 g/mol. The summed E-state index contributed by atoms with van der Waals surface area (Å²) < 4.78 is 10.1. The van der Waals surface area contributed by atoms with Gasteiger partial charge < -0.3 is 29.8 Å². The predicted octanol–water partition coefficient (Wildman–Crippen LogP) is -0.344. The van der Waals surface area contributed by atoms with Crippen LogP contribution in [0.2, 0.25) is 0 Å². The number of amides is 2. The molecule has 0 radical (unpaired) electrons. The molecule has 0 bridgehead atoms. The van der Waals surface area contributed by atoms with Crippen molar-refractivity contribution in [2.24, 2.45) is 0 Å². The fourth-order valence-electron chi connectivity index (χ4n) is 2.58. The molecule has 1 aromatic rings. The van der Waals surface area contributed by atoms with Crippen LogP contribution in [0.25, 0.3) is 0 Å². The van der Waals surface area contributed by atoms with E-state index in [0.29, 0.717) is 5.69 Å². The maximum atomic E-state index is 12.3. The number of aromatic nitrogens is 1. The Kier molecular flexibility index (Phi) is 5.58. The van der Waals surface area contributed by atoms with Crippen molar-refractivity contribution in [3.8, 4) is 0 Å². The number of esters is 1. The normalized spacial score (nSPS) is 20.6. The van der Waals surface area contributed by atoms with Gasteiger partial charge in [-0.25, -0.2) is 4.79 Å². The molecule has 1 aromatic heterocycles. The Morgan fingerprint density at radius 2 is 2.17 bits per heavy atom. The zero-order valence-corrected chi connectivity index (χ0v) is 13.8. The van der Waals surface area contributed by atoms with Crippen molar-refractivity contribution in [3.63, 3.8) is 0 Å². The van der Waals surface area contributed by atoms with Crippen LogP contribution in [-0.2, 0) is 19.1 Å². The maximum Gasteiger partial charge on any atom is 0.356 e. The summed E-state index contributed by atoms with van der Waals surface area (Å²) >= 11 is 0. The lowest BCUT2D eigenvalue weighted by molar-refractivity contribution is -0.153. The van der Waals surface area contributed by atoms with Crippen LogP contribution in [0, 0.1) is 6.92 Å². The molecule has 24 heavy (non-hydrogen) atoms. The zero-order chi connectivity index (χ0) is 17.9. The van der Waals surface area contributed by atoms with Gasteiger partial charge in [0.1, 0.15) is 5.69 Å². The molecule has 9 heteroatoms. The summed E-state index contributed by atoms with van der Waals surface area (Å²) in [5.74, 6) is -2.27. The van der Waals surface area contributed by atoms with E-state index in [2.05, 4.69) is 15.0 Å². The molecule has 2 unspecified atom stereocenters. The van der Waals surface area contributed by atoms with Gasteiger partial charge in [0, 0.05) is 18.8 Å². The second kappa shape index (κ2) is 7.45. The minimum atomic E-state index is -0.870. The van der Waals surface area contributed by atoms with Gasteiger partial charge in [0.25, 0.3) is 0 Å². The third kappa shape index (κ3) is 3.92. The zero-order valence-electron chi connectivity index (χ0n) is 13.8. The fourth-order valence-corrected chi connectivity index (χ4v) is 2.58. The van der Waals surface area contributed by atoms with Gasteiger partial charge in [-0.05, 0) is 19.9 Å². The van der Waals surface area contributed by atoms with Gasteiger partial charge in [0.2, 0.25) is 0 Å². The highest BCUT2D eigenvalue weighted by molar-refractivity contribution is 6.39. The highest BCUT2D eigenvalue weighted by Gasteiger charge is 2.32. The van der Waals surface area contributed by atoms with Crippen LogP contribution in [0.1, 0.15) is 23.1 Å². The van der Waals surface area contributed by atoms with E-state index in [0.717, 1.165) is 0 Å². The van der Waals surface area contributed by atoms with E-state index in [9.17, 15) is 19.5 Å². The third-order valence-electron chi connectivity index (χ3n) is 3.60. The largest absolute Gasteiger partial charge is 0.464 e. The molecule has 9 nitrogen and oxygen atoms in total. The molecule has 1 fully saturated rings. The third-order valence-corrected chi connectivity index (χ3v) is 3.60. The number of anilines is 1. The number of hydrogen-bond acceptors (Lipinski definition) is 6. The number of nitrogens with one attached hydrogen (secondary N) is 2. The van der Waals surface area contributed by atoms with E-state index >= 15 is 0 Å². The summed E-state index contributed by atoms with van der Waals surface area (Å²) in [6.45, 7) is 3.60. The molecule has 1 aliphatic heterocycles. The van der Waals surface area contributed by atoms with Crippen molar-refractivity contribution >= 4 is 23.5 Å². The Bertz CT molecular complexity index is 641. The molecule has 2 atom stereocenters. The van der Waals surface area contributed by atoms with Crippen LogP contribution >= 0.6 is 0 Å². The van der Waals surface area contributed by atoms with E-state index < -0.39 is 23.9 Å². The number of aromatic amines is 1. The molecule has 1 aliphatic rings. The number of carbonyl (C=O) groups excluding carboxylic acids is 3. The highest BCUT2D eigenvalue weighted by Crippen LogP contribution is 2.18. The standard InChI is InChI=1S/C15H21N3O6/c1-8-4-11(12(16-8)15(22)23-3)17-13(20)14(21)18-5-9(2)24-10(6-18)7-19/h4,9-10,16,19H,5-7H2,1-3H3,(H,17,20). The van der Waals surface area contributed by atoms with E-state index in [-0.39, 0.29) is 37.2 Å². The van der Waals surface area contributed by atoms with Gasteiger partial charge >= 0.3 is 17.8 Å². The number of rotatable bonds is 3. The smallest absolute Gasteiger partial charge is 0.356 e. The summed E-state index contributed by atoms with van der Waals surface area (Å²) in [5, 5.41) is 11.6. The molecule has 0 spiro atoms. The topological polar surface area (TPSA) is 121 Å². The molecule has 2 rings (SSSR count). The van der Waals surface area contributed by atoms with E-state index in [1.54, 1.807) is 13.8 Å². The van der Waals surface area contributed by atoms with Crippen molar-refractivity contribution in [3.05, 3.63) is 17.5 Å². The van der Waals surface area contributed by atoms with Gasteiger partial charge in [-0.1, -0.05) is 0 Å². The Morgan fingerprint density at radius 3 is 2.79 bits per heavy atom. The first kappa shape index (κ1) is 18.0. The second-order valence-corrected chi connectivity index (χ2v) is 5.65. The van der Waals surface area contributed by atoms with Gasteiger partial charge in [0.15, 0.2) is 0 Å². The minimum Gasteiger partial charge on any atom is -0.464 e. The quantitative estimate of drug-likeness (QED) is 0.511. The molecule has 2 amide bonds. The highest BCUT2D eigenvalue weighted by atomic mass is 16.5. The molecule has 2 heterocycles. The first-order chi connectivity index (χ1) is 11.3. The molecular formula is C15H21N3O6. The van der Waals surface area contributed by atoms with Gasteiger partial charge in [-0.15, -0.1) is 0 Å². The first-order valence-electron chi connectivity index (χ1n) is 7.50. The average molecular weight is 339 g/mol. The number of hydrogen-bond donors (Lipinski definition) is 3. The molecule has 3 N–H and O–H groups in total. The van der Waals surface area contributed by atoms with E-state index in [1.165, 1.54) is 18.1 Å². The van der Waals surface area contributed by atoms with E-state index in [4.69, 9.17) is 4.74 Å². The average Bonchev–Trinajstić information content (AvgIpc) is 2.92. The molecule has 0 saturated carbocycles. The molecule has 132 valence electrons. The SMILES string of the molecule is COC(=O)c1[nH]c(C)cc1NC(=O)C(=O)N1CC(C)OC(CO)C1. The van der Waals surface area contributed by atoms with Crippen LogP contribution in [-0.4, -0.2) is 71.8 Å². The molecule has 0 aromatic carbocycles. The first-order valence-corrected chi connectivity index (χ1v) is 7.50. The summed E-state index contributed by atoms with van der Waals surface area (Å²) in [6.07, 6.45) is -0.807. The number of carbonyl (C=O) groups is 3. The Hall–Kier alpha value is -2.39. The van der Waals surface area contributed by atoms with Crippen LogP contribution in [0.3, 0.4) is 0 Å². The number of H-pyrrole nitrogens is 1. The number of nitrogens with zero attached hydrogens (tertiary/aromatic N) is 1. The second-order valence-electron chi connectivity index (χ2n) is 5.65. The lowest BCUT2D eigenvalue weighted by Gasteiger charge is -2.35. The van der Waals surface area contributed by atoms with E-state index in [1.807, 2.05) is 0 Å². The van der Waals surface area contributed by atoms with Gasteiger partial charge in [-0.3, -0.25) is 9.59 Å². The van der Waals surface area contributed by atoms with Crippen molar-refractivity contribution in [1.29, 1.82) is 0 Å². The van der Waals surface area contributed by atoms with Crippen molar-refractivity contribution in [2.75, 3.05) is 32.1 Å². The molecular weight excluding hydrogens is 318 g/mol.